The molecule has 14 heteroatoms. The molecule has 2 fully saturated rings. The highest BCUT2D eigenvalue weighted by molar-refractivity contribution is 6.14. The Morgan fingerprint density at radius 2 is 1.42 bits per heavy atom. The van der Waals surface area contributed by atoms with Crippen molar-refractivity contribution >= 4 is 39.6 Å². The number of alkyl carbamates (subject to hydrolysis) is 2. The number of imidazole rings is 2. The summed E-state index contributed by atoms with van der Waals surface area (Å²) in [5.74, 6) is 2.48. The molecule has 0 saturated carbocycles. The first kappa shape index (κ1) is 38.3. The summed E-state index contributed by atoms with van der Waals surface area (Å²) in [5, 5.41) is 10.2. The van der Waals surface area contributed by atoms with Gasteiger partial charge in [0.1, 0.15) is 30.0 Å². The van der Waals surface area contributed by atoms with Crippen LogP contribution >= 0.6 is 0 Å². The highest BCUT2D eigenvalue weighted by Gasteiger charge is 2.38. The van der Waals surface area contributed by atoms with Crippen molar-refractivity contribution in [2.24, 2.45) is 11.8 Å². The summed E-state index contributed by atoms with van der Waals surface area (Å²) in [7, 11) is 2.69. The maximum atomic E-state index is 13.7. The van der Waals surface area contributed by atoms with Crippen molar-refractivity contribution in [3.63, 3.8) is 0 Å². The summed E-state index contributed by atoms with van der Waals surface area (Å²) < 4.78 is 16.1. The second-order valence-corrected chi connectivity index (χ2v) is 16.2. The quantitative estimate of drug-likeness (QED) is 0.101. The molecule has 0 radical (unpaired) electrons. The molecule has 0 aliphatic carbocycles. The lowest BCUT2D eigenvalue weighted by Crippen LogP contribution is -2.51. The normalized spacial score (nSPS) is 19.1. The SMILES string of the molecule is COC(=O)N[C@H](C(=O)N1CCC[C@H]1c1ncc(-c2cc3c4c(ccc5cc(-c6cnc([C@@H]7CCCN7C[C@@H](NC(=O)OC)C(C)C)[nH]6)cc(c54)CO3)c2)[nH]1)C(C)C. The number of aromatic amines is 2. The monoisotopic (exact) mass is 776 g/mol. The summed E-state index contributed by atoms with van der Waals surface area (Å²) in [6, 6.07) is 12.2. The third kappa shape index (κ3) is 7.38. The molecule has 0 unspecified atom stereocenters. The van der Waals surface area contributed by atoms with Gasteiger partial charge >= 0.3 is 12.2 Å². The zero-order valence-electron chi connectivity index (χ0n) is 33.5. The lowest BCUT2D eigenvalue weighted by Gasteiger charge is -2.30. The lowest BCUT2D eigenvalue weighted by molar-refractivity contribution is -0.135. The standard InChI is InChI=1S/C43H52N8O6/c1-23(2)32(48-42(53)55-5)21-50-13-7-9-33(50)39-44-19-30(46-39)27-15-25-11-12-26-16-28(18-35-37(26)36(25)29(17-27)22-57-35)31-20-45-40(47-31)34-10-8-14-51(34)41(52)38(24(3)4)49-43(54)56-6/h11-12,15-20,23-24,32-34,38H,7-10,13-14,21-22H2,1-6H3,(H,44,46)(H,45,47)(H,48,53)(H,49,54)/t32-,33+,34+,38+/m1/s1. The van der Waals surface area contributed by atoms with Crippen molar-refractivity contribution in [3.8, 4) is 28.3 Å². The number of carbonyl (C=O) groups excluding carboxylic acids is 3. The Hall–Kier alpha value is -5.63. The van der Waals surface area contributed by atoms with Crippen LogP contribution in [0.4, 0.5) is 9.59 Å². The minimum Gasteiger partial charge on any atom is -0.488 e. The number of carbonyl (C=O) groups is 3. The van der Waals surface area contributed by atoms with Gasteiger partial charge in [0.25, 0.3) is 0 Å². The minimum absolute atomic E-state index is 0.0316. The topological polar surface area (TPSA) is 167 Å². The number of hydrogen-bond donors (Lipinski definition) is 4. The van der Waals surface area contributed by atoms with E-state index in [0.29, 0.717) is 13.2 Å². The predicted octanol–water partition coefficient (Wildman–Crippen LogP) is 7.23. The Labute approximate surface area is 332 Å². The fourth-order valence-corrected chi connectivity index (χ4v) is 8.81. The Morgan fingerprint density at radius 1 is 0.807 bits per heavy atom. The van der Waals surface area contributed by atoms with Crippen molar-refractivity contribution in [2.45, 2.75) is 84.2 Å². The maximum Gasteiger partial charge on any atom is 0.407 e. The van der Waals surface area contributed by atoms with Crippen LogP contribution in [-0.2, 0) is 20.9 Å². The average molecular weight is 777 g/mol. The van der Waals surface area contributed by atoms with Crippen molar-refractivity contribution in [1.29, 1.82) is 0 Å². The number of amides is 3. The molecule has 14 nitrogen and oxygen atoms in total. The van der Waals surface area contributed by atoms with Gasteiger partial charge in [-0.05, 0) is 90.1 Å². The number of nitrogens with one attached hydrogen (secondary N) is 4. The first-order valence-corrected chi connectivity index (χ1v) is 20.0. The van der Waals surface area contributed by atoms with Crippen molar-refractivity contribution in [1.82, 2.24) is 40.4 Å². The largest absolute Gasteiger partial charge is 0.488 e. The van der Waals surface area contributed by atoms with Gasteiger partial charge in [-0.15, -0.1) is 0 Å². The van der Waals surface area contributed by atoms with E-state index in [1.807, 2.05) is 31.1 Å². The van der Waals surface area contributed by atoms with Gasteiger partial charge in [0, 0.05) is 35.6 Å². The first-order valence-electron chi connectivity index (χ1n) is 20.0. The molecule has 3 aromatic carbocycles. The van der Waals surface area contributed by atoms with Crippen LogP contribution in [0.1, 0.15) is 82.7 Å². The number of aromatic nitrogens is 4. The number of ether oxygens (including phenoxy) is 3. The van der Waals surface area contributed by atoms with Crippen LogP contribution in [0.2, 0.25) is 0 Å². The van der Waals surface area contributed by atoms with Gasteiger partial charge in [0.15, 0.2) is 0 Å². The highest BCUT2D eigenvalue weighted by Crippen LogP contribution is 2.44. The third-order valence-corrected chi connectivity index (χ3v) is 11.9. The van der Waals surface area contributed by atoms with Crippen LogP contribution < -0.4 is 15.4 Å². The molecule has 300 valence electrons. The van der Waals surface area contributed by atoms with Crippen molar-refractivity contribution in [2.75, 3.05) is 33.9 Å². The molecule has 2 aromatic heterocycles. The van der Waals surface area contributed by atoms with Crippen LogP contribution in [0.25, 0.3) is 44.1 Å². The van der Waals surface area contributed by atoms with E-state index in [1.165, 1.54) is 19.6 Å². The number of likely N-dealkylation sites (tertiary alicyclic amines) is 2. The Morgan fingerprint density at radius 3 is 2.09 bits per heavy atom. The Kier molecular flexibility index (Phi) is 10.6. The van der Waals surface area contributed by atoms with Gasteiger partial charge in [0.2, 0.25) is 5.91 Å². The van der Waals surface area contributed by atoms with E-state index in [-0.39, 0.29) is 35.9 Å². The second kappa shape index (κ2) is 15.7. The van der Waals surface area contributed by atoms with E-state index < -0.39 is 18.2 Å². The molecule has 57 heavy (non-hydrogen) atoms. The molecular formula is C43H52N8O6. The minimum atomic E-state index is -0.693. The first-order chi connectivity index (χ1) is 27.5. The van der Waals surface area contributed by atoms with E-state index >= 15 is 0 Å². The van der Waals surface area contributed by atoms with Crippen LogP contribution in [-0.4, -0.2) is 93.8 Å². The van der Waals surface area contributed by atoms with E-state index in [4.69, 9.17) is 24.2 Å². The van der Waals surface area contributed by atoms with Gasteiger partial charge in [-0.3, -0.25) is 9.69 Å². The second-order valence-electron chi connectivity index (χ2n) is 16.2. The van der Waals surface area contributed by atoms with Crippen LogP contribution in [0, 0.1) is 11.8 Å². The fourth-order valence-electron chi connectivity index (χ4n) is 8.81. The molecule has 2 saturated heterocycles. The van der Waals surface area contributed by atoms with Crippen LogP contribution in [0.5, 0.6) is 5.75 Å². The molecule has 4 atom stereocenters. The third-order valence-electron chi connectivity index (χ3n) is 11.9. The average Bonchev–Trinajstić information content (AvgIpc) is 4.05. The molecule has 5 heterocycles. The van der Waals surface area contributed by atoms with E-state index in [0.717, 1.165) is 100 Å². The van der Waals surface area contributed by atoms with E-state index in [2.05, 4.69) is 75.7 Å². The fraction of sp³-hybridized carbons (Fsp3) is 0.465. The summed E-state index contributed by atoms with van der Waals surface area (Å²) in [6.07, 6.45) is 6.41. The summed E-state index contributed by atoms with van der Waals surface area (Å²) >= 11 is 0. The number of nitrogens with zero attached hydrogens (tertiary/aromatic N) is 4. The van der Waals surface area contributed by atoms with Crippen molar-refractivity contribution in [3.05, 3.63) is 66.0 Å². The number of hydrogen-bond acceptors (Lipinski definition) is 9. The van der Waals surface area contributed by atoms with Gasteiger partial charge < -0.3 is 39.7 Å². The van der Waals surface area contributed by atoms with Crippen LogP contribution in [0.3, 0.4) is 0 Å². The van der Waals surface area contributed by atoms with E-state index in [1.54, 1.807) is 0 Å². The molecular weight excluding hydrogens is 725 g/mol. The smallest absolute Gasteiger partial charge is 0.407 e. The van der Waals surface area contributed by atoms with Crippen LogP contribution in [0.15, 0.2) is 48.8 Å². The molecule has 0 bridgehead atoms. The number of benzene rings is 3. The summed E-state index contributed by atoms with van der Waals surface area (Å²) in [5.41, 5.74) is 4.93. The highest BCUT2D eigenvalue weighted by atomic mass is 16.5. The lowest BCUT2D eigenvalue weighted by atomic mass is 9.92. The van der Waals surface area contributed by atoms with Crippen molar-refractivity contribution < 1.29 is 28.6 Å². The molecule has 8 rings (SSSR count). The van der Waals surface area contributed by atoms with Gasteiger partial charge in [-0.1, -0.05) is 39.8 Å². The van der Waals surface area contributed by atoms with Gasteiger partial charge in [0.05, 0.1) is 50.1 Å². The zero-order valence-corrected chi connectivity index (χ0v) is 33.5. The molecule has 4 N–H and O–H groups in total. The van der Waals surface area contributed by atoms with Gasteiger partial charge in [-0.2, -0.15) is 0 Å². The number of methoxy groups -OCH3 is 2. The zero-order chi connectivity index (χ0) is 40.0. The Bertz CT molecular complexity index is 2320. The predicted molar refractivity (Wildman–Crippen MR) is 217 cm³/mol. The maximum absolute atomic E-state index is 13.7. The van der Waals surface area contributed by atoms with E-state index in [9.17, 15) is 14.4 Å². The molecule has 3 aliphatic heterocycles. The number of rotatable bonds is 11. The molecule has 5 aromatic rings. The molecule has 3 amide bonds. The van der Waals surface area contributed by atoms with Gasteiger partial charge in [-0.25, -0.2) is 19.6 Å². The molecule has 0 spiro atoms. The summed E-state index contributed by atoms with van der Waals surface area (Å²) in [4.78, 5) is 58.7. The summed E-state index contributed by atoms with van der Waals surface area (Å²) in [6.45, 7) is 10.7. The molecule has 3 aliphatic rings. The Balaban J connectivity index is 1.03. The number of H-pyrrole nitrogens is 2.